The minimum absolute atomic E-state index is 0.00129. The Hall–Kier alpha value is -2.86. The average Bonchev–Trinajstić information content (AvgIpc) is 3.20. The first-order valence-electron chi connectivity index (χ1n) is 11.1. The molecule has 2 aliphatic heterocycles. The standard InChI is InChI=1S/C25H28ClN3O3/c1-17-6-8-21(9-7-17)29-16-20(14-23(29)30)25(32)28-12-10-18(11-13-28)24(31)27-15-19-4-2-3-5-22(19)26/h2-9,18,20H,10-16H2,1H3,(H,27,31)/t20-/m1/s1. The first-order valence-corrected chi connectivity index (χ1v) is 11.5. The van der Waals surface area contributed by atoms with Gasteiger partial charge in [-0.25, -0.2) is 0 Å². The number of halogens is 1. The third-order valence-electron chi connectivity index (χ3n) is 6.41. The highest BCUT2D eigenvalue weighted by Crippen LogP contribution is 2.28. The van der Waals surface area contributed by atoms with Crippen molar-refractivity contribution >= 4 is 35.0 Å². The molecule has 0 aromatic heterocycles. The maximum atomic E-state index is 13.0. The van der Waals surface area contributed by atoms with Crippen LogP contribution < -0.4 is 10.2 Å². The van der Waals surface area contributed by atoms with Crippen molar-refractivity contribution in [1.29, 1.82) is 0 Å². The summed E-state index contributed by atoms with van der Waals surface area (Å²) in [4.78, 5) is 41.6. The third kappa shape index (κ3) is 4.96. The Kier molecular flexibility index (Phi) is 6.80. The van der Waals surface area contributed by atoms with Crippen LogP contribution >= 0.6 is 11.6 Å². The number of hydrogen-bond acceptors (Lipinski definition) is 3. The van der Waals surface area contributed by atoms with Crippen molar-refractivity contribution in [3.05, 3.63) is 64.7 Å². The highest BCUT2D eigenvalue weighted by Gasteiger charge is 2.38. The molecule has 32 heavy (non-hydrogen) atoms. The van der Waals surface area contributed by atoms with Crippen LogP contribution in [0.25, 0.3) is 0 Å². The Bertz CT molecular complexity index is 1000. The van der Waals surface area contributed by atoms with Gasteiger partial charge in [0.1, 0.15) is 0 Å². The van der Waals surface area contributed by atoms with Gasteiger partial charge in [0.2, 0.25) is 17.7 Å². The van der Waals surface area contributed by atoms with E-state index >= 15 is 0 Å². The van der Waals surface area contributed by atoms with Gasteiger partial charge in [-0.05, 0) is 43.5 Å². The molecule has 0 unspecified atom stereocenters. The molecule has 4 rings (SSSR count). The van der Waals surface area contributed by atoms with Gasteiger partial charge < -0.3 is 15.1 Å². The van der Waals surface area contributed by atoms with Crippen molar-refractivity contribution in [1.82, 2.24) is 10.2 Å². The summed E-state index contributed by atoms with van der Waals surface area (Å²) in [5.41, 5.74) is 2.86. The molecule has 1 atom stereocenters. The normalized spacial score (nSPS) is 19.3. The summed E-state index contributed by atoms with van der Waals surface area (Å²) in [7, 11) is 0. The lowest BCUT2D eigenvalue weighted by molar-refractivity contribution is -0.139. The second kappa shape index (κ2) is 9.74. The van der Waals surface area contributed by atoms with E-state index in [0.717, 1.165) is 16.8 Å². The van der Waals surface area contributed by atoms with Crippen LogP contribution in [0.3, 0.4) is 0 Å². The molecule has 6 nitrogen and oxygen atoms in total. The Labute approximate surface area is 193 Å². The van der Waals surface area contributed by atoms with E-state index in [1.807, 2.05) is 54.3 Å². The van der Waals surface area contributed by atoms with Crippen molar-refractivity contribution in [3.63, 3.8) is 0 Å². The first kappa shape index (κ1) is 22.3. The van der Waals surface area contributed by atoms with E-state index in [-0.39, 0.29) is 36.0 Å². The fourth-order valence-corrected chi connectivity index (χ4v) is 4.64. The minimum Gasteiger partial charge on any atom is -0.352 e. The van der Waals surface area contributed by atoms with Crippen molar-refractivity contribution in [2.75, 3.05) is 24.5 Å². The minimum atomic E-state index is -0.325. The molecule has 2 aromatic rings. The maximum absolute atomic E-state index is 13.0. The lowest BCUT2D eigenvalue weighted by atomic mass is 9.94. The molecular weight excluding hydrogens is 426 g/mol. The van der Waals surface area contributed by atoms with Crippen LogP contribution in [0.1, 0.15) is 30.4 Å². The number of piperidine rings is 1. The van der Waals surface area contributed by atoms with Gasteiger partial charge in [-0.15, -0.1) is 0 Å². The molecule has 0 radical (unpaired) electrons. The summed E-state index contributed by atoms with van der Waals surface area (Å²) in [5, 5.41) is 3.60. The molecular formula is C25H28ClN3O3. The number of carbonyl (C=O) groups is 3. The molecule has 2 aliphatic rings. The topological polar surface area (TPSA) is 69.7 Å². The maximum Gasteiger partial charge on any atom is 0.228 e. The molecule has 0 spiro atoms. The van der Waals surface area contributed by atoms with Crippen LogP contribution in [0.5, 0.6) is 0 Å². The molecule has 3 amide bonds. The zero-order chi connectivity index (χ0) is 22.7. The molecule has 168 valence electrons. The Morgan fingerprint density at radius 1 is 1.03 bits per heavy atom. The van der Waals surface area contributed by atoms with E-state index < -0.39 is 0 Å². The number of aryl methyl sites for hydroxylation is 1. The Balaban J connectivity index is 1.27. The second-order valence-electron chi connectivity index (χ2n) is 8.65. The van der Waals surface area contributed by atoms with E-state index in [2.05, 4.69) is 5.32 Å². The Morgan fingerprint density at radius 2 is 1.72 bits per heavy atom. The Morgan fingerprint density at radius 3 is 2.41 bits per heavy atom. The van der Waals surface area contributed by atoms with Crippen LogP contribution in [-0.4, -0.2) is 42.3 Å². The van der Waals surface area contributed by atoms with Gasteiger partial charge in [-0.1, -0.05) is 47.5 Å². The summed E-state index contributed by atoms with van der Waals surface area (Å²) < 4.78 is 0. The summed E-state index contributed by atoms with van der Waals surface area (Å²) >= 11 is 6.15. The van der Waals surface area contributed by atoms with Crippen molar-refractivity contribution in [3.8, 4) is 0 Å². The third-order valence-corrected chi connectivity index (χ3v) is 6.78. The number of carbonyl (C=O) groups excluding carboxylic acids is 3. The van der Waals surface area contributed by atoms with Gasteiger partial charge in [0, 0.05) is 49.2 Å². The van der Waals surface area contributed by atoms with Crippen LogP contribution in [0.4, 0.5) is 5.69 Å². The molecule has 2 aromatic carbocycles. The summed E-state index contributed by atoms with van der Waals surface area (Å²) in [6.45, 7) is 3.90. The number of anilines is 1. The van der Waals surface area contributed by atoms with Crippen LogP contribution in [0.15, 0.2) is 48.5 Å². The van der Waals surface area contributed by atoms with E-state index in [9.17, 15) is 14.4 Å². The summed E-state index contributed by atoms with van der Waals surface area (Å²) in [5.74, 6) is -0.437. The van der Waals surface area contributed by atoms with Crippen molar-refractivity contribution in [2.24, 2.45) is 11.8 Å². The number of nitrogens with zero attached hydrogens (tertiary/aromatic N) is 2. The van der Waals surface area contributed by atoms with E-state index in [1.54, 1.807) is 11.0 Å². The van der Waals surface area contributed by atoms with Crippen molar-refractivity contribution < 1.29 is 14.4 Å². The number of amides is 3. The van der Waals surface area contributed by atoms with Gasteiger partial charge >= 0.3 is 0 Å². The zero-order valence-corrected chi connectivity index (χ0v) is 19.0. The number of likely N-dealkylation sites (tertiary alicyclic amines) is 1. The summed E-state index contributed by atoms with van der Waals surface area (Å²) in [6, 6.07) is 15.2. The van der Waals surface area contributed by atoms with Gasteiger partial charge in [0.05, 0.1) is 5.92 Å². The van der Waals surface area contributed by atoms with E-state index in [1.165, 1.54) is 0 Å². The van der Waals surface area contributed by atoms with Gasteiger partial charge in [-0.3, -0.25) is 14.4 Å². The second-order valence-corrected chi connectivity index (χ2v) is 9.06. The number of hydrogen-bond donors (Lipinski definition) is 1. The molecule has 2 fully saturated rings. The van der Waals surface area contributed by atoms with Crippen LogP contribution in [0, 0.1) is 18.8 Å². The number of nitrogens with one attached hydrogen (secondary N) is 1. The highest BCUT2D eigenvalue weighted by atomic mass is 35.5. The SMILES string of the molecule is Cc1ccc(N2C[C@H](C(=O)N3CCC(C(=O)NCc4ccccc4Cl)CC3)CC2=O)cc1. The molecule has 2 heterocycles. The van der Waals surface area contributed by atoms with Crippen molar-refractivity contribution in [2.45, 2.75) is 32.7 Å². The zero-order valence-electron chi connectivity index (χ0n) is 18.2. The van der Waals surface area contributed by atoms with Gasteiger partial charge in [0.25, 0.3) is 0 Å². The predicted molar refractivity (Wildman–Crippen MR) is 124 cm³/mol. The fourth-order valence-electron chi connectivity index (χ4n) is 4.44. The molecule has 2 saturated heterocycles. The fraction of sp³-hybridized carbons (Fsp3) is 0.400. The lowest BCUT2D eigenvalue weighted by Gasteiger charge is -2.33. The lowest BCUT2D eigenvalue weighted by Crippen LogP contribution is -2.45. The highest BCUT2D eigenvalue weighted by molar-refractivity contribution is 6.31. The molecule has 0 saturated carbocycles. The van der Waals surface area contributed by atoms with Crippen LogP contribution in [-0.2, 0) is 20.9 Å². The van der Waals surface area contributed by atoms with E-state index in [0.29, 0.717) is 44.0 Å². The average molecular weight is 454 g/mol. The summed E-state index contributed by atoms with van der Waals surface area (Å²) in [6.07, 6.45) is 1.50. The van der Waals surface area contributed by atoms with Crippen LogP contribution in [0.2, 0.25) is 5.02 Å². The number of rotatable bonds is 5. The molecule has 0 aliphatic carbocycles. The molecule has 1 N–H and O–H groups in total. The number of benzene rings is 2. The van der Waals surface area contributed by atoms with E-state index in [4.69, 9.17) is 11.6 Å². The smallest absolute Gasteiger partial charge is 0.228 e. The predicted octanol–water partition coefficient (Wildman–Crippen LogP) is 3.56. The monoisotopic (exact) mass is 453 g/mol. The quantitative estimate of drug-likeness (QED) is 0.752. The van der Waals surface area contributed by atoms with Gasteiger partial charge in [0.15, 0.2) is 0 Å². The molecule has 0 bridgehead atoms. The largest absolute Gasteiger partial charge is 0.352 e. The van der Waals surface area contributed by atoms with Gasteiger partial charge in [-0.2, -0.15) is 0 Å². The molecule has 7 heteroatoms. The first-order chi connectivity index (χ1) is 15.4.